The number of benzene rings is 1. The highest BCUT2D eigenvalue weighted by Gasteiger charge is 2.14. The lowest BCUT2D eigenvalue weighted by atomic mass is 10.1. The number of nitrogens with zero attached hydrogens (tertiary/aromatic N) is 4. The number of ether oxygens (including phenoxy) is 1. The molecule has 0 amide bonds. The second kappa shape index (κ2) is 7.79. The Morgan fingerprint density at radius 3 is 2.83 bits per heavy atom. The molecule has 2 aromatic rings. The smallest absolute Gasteiger partial charge is 0.176 e. The molecule has 0 saturated heterocycles. The molecule has 1 unspecified atom stereocenters. The van der Waals surface area contributed by atoms with Crippen LogP contribution in [0.2, 0.25) is 0 Å². The maximum Gasteiger partial charge on any atom is 0.176 e. The third-order valence-electron chi connectivity index (χ3n) is 3.23. The first-order valence-electron chi connectivity index (χ1n) is 7.04. The summed E-state index contributed by atoms with van der Waals surface area (Å²) in [4.78, 5) is 3.83. The minimum Gasteiger partial charge on any atom is -0.491 e. The van der Waals surface area contributed by atoms with E-state index in [0.29, 0.717) is 12.2 Å². The maximum absolute atomic E-state index is 10.1. The van der Waals surface area contributed by atoms with E-state index in [1.54, 1.807) is 6.08 Å². The molecule has 0 aliphatic rings. The Balaban J connectivity index is 2.00. The fourth-order valence-corrected chi connectivity index (χ4v) is 2.15. The fourth-order valence-electron chi connectivity index (χ4n) is 2.15. The summed E-state index contributed by atoms with van der Waals surface area (Å²) in [5.74, 6) is 0.690. The van der Waals surface area contributed by atoms with Crippen LogP contribution in [0.4, 0.5) is 0 Å². The summed E-state index contributed by atoms with van der Waals surface area (Å²) in [5, 5.41) is 28.0. The van der Waals surface area contributed by atoms with E-state index in [2.05, 4.69) is 11.6 Å². The number of imidazole rings is 1. The van der Waals surface area contributed by atoms with Gasteiger partial charge < -0.3 is 14.4 Å². The Bertz CT molecular complexity index is 768. The van der Waals surface area contributed by atoms with Crippen LogP contribution in [0.3, 0.4) is 0 Å². The van der Waals surface area contributed by atoms with Crippen molar-refractivity contribution in [2.45, 2.75) is 19.1 Å². The SMILES string of the molecule is C=CCc1ccccc1OCC(O)Cn1cnc(C#N)c1C#N. The fraction of sp³-hybridized carbons (Fsp3) is 0.235. The van der Waals surface area contributed by atoms with Crippen molar-refractivity contribution < 1.29 is 9.84 Å². The van der Waals surface area contributed by atoms with Gasteiger partial charge in [0.05, 0.1) is 12.9 Å². The van der Waals surface area contributed by atoms with Crippen LogP contribution in [0.25, 0.3) is 0 Å². The first kappa shape index (κ1) is 16.3. The molecule has 0 saturated carbocycles. The van der Waals surface area contributed by atoms with Crippen LogP contribution in [-0.4, -0.2) is 27.4 Å². The van der Waals surface area contributed by atoms with Gasteiger partial charge in [0, 0.05) is 0 Å². The van der Waals surface area contributed by atoms with E-state index < -0.39 is 6.10 Å². The Morgan fingerprint density at radius 1 is 1.35 bits per heavy atom. The zero-order valence-electron chi connectivity index (χ0n) is 12.5. The Kier molecular flexibility index (Phi) is 5.51. The number of para-hydroxylation sites is 1. The summed E-state index contributed by atoms with van der Waals surface area (Å²) < 4.78 is 7.10. The normalized spacial score (nSPS) is 11.3. The summed E-state index contributed by atoms with van der Waals surface area (Å²) in [6.45, 7) is 3.90. The average molecular weight is 308 g/mol. The van der Waals surface area contributed by atoms with Crippen molar-refractivity contribution >= 4 is 0 Å². The minimum atomic E-state index is -0.834. The van der Waals surface area contributed by atoms with Crippen LogP contribution in [-0.2, 0) is 13.0 Å². The molecule has 1 aromatic heterocycles. The highest BCUT2D eigenvalue weighted by molar-refractivity contribution is 5.36. The second-order valence-electron chi connectivity index (χ2n) is 4.88. The highest BCUT2D eigenvalue weighted by atomic mass is 16.5. The number of rotatable bonds is 7. The van der Waals surface area contributed by atoms with Gasteiger partial charge in [0.25, 0.3) is 0 Å². The van der Waals surface area contributed by atoms with Crippen molar-refractivity contribution in [3.63, 3.8) is 0 Å². The predicted molar refractivity (Wildman–Crippen MR) is 83.5 cm³/mol. The van der Waals surface area contributed by atoms with Gasteiger partial charge in [-0.2, -0.15) is 10.5 Å². The van der Waals surface area contributed by atoms with Crippen molar-refractivity contribution in [3.05, 3.63) is 60.2 Å². The number of aliphatic hydroxyl groups excluding tert-OH is 1. The van der Waals surface area contributed by atoms with Crippen molar-refractivity contribution in [1.82, 2.24) is 9.55 Å². The number of allylic oxidation sites excluding steroid dienone is 1. The van der Waals surface area contributed by atoms with Crippen LogP contribution in [0.1, 0.15) is 17.0 Å². The van der Waals surface area contributed by atoms with E-state index >= 15 is 0 Å². The first-order chi connectivity index (χ1) is 11.2. The third-order valence-corrected chi connectivity index (χ3v) is 3.23. The summed E-state index contributed by atoms with van der Waals surface area (Å²) >= 11 is 0. The average Bonchev–Trinajstić information content (AvgIpc) is 2.96. The van der Waals surface area contributed by atoms with Crippen LogP contribution in [0.15, 0.2) is 43.2 Å². The third kappa shape index (κ3) is 3.97. The molecule has 1 N–H and O–H groups in total. The minimum absolute atomic E-state index is 0.0527. The summed E-state index contributed by atoms with van der Waals surface area (Å²) in [6.07, 6.45) is 3.00. The number of hydrogen-bond donors (Lipinski definition) is 1. The summed E-state index contributed by atoms with van der Waals surface area (Å²) in [6, 6.07) is 11.3. The highest BCUT2D eigenvalue weighted by Crippen LogP contribution is 2.19. The first-order valence-corrected chi connectivity index (χ1v) is 7.04. The molecule has 1 heterocycles. The van der Waals surface area contributed by atoms with Gasteiger partial charge in [0.2, 0.25) is 0 Å². The number of nitriles is 2. The molecule has 1 atom stereocenters. The molecular formula is C17H16N4O2. The summed E-state index contributed by atoms with van der Waals surface area (Å²) in [5.41, 5.74) is 1.18. The Morgan fingerprint density at radius 2 is 2.13 bits per heavy atom. The van der Waals surface area contributed by atoms with Crippen LogP contribution in [0.5, 0.6) is 5.75 Å². The molecule has 0 spiro atoms. The van der Waals surface area contributed by atoms with Crippen molar-refractivity contribution in [3.8, 4) is 17.9 Å². The quantitative estimate of drug-likeness (QED) is 0.787. The predicted octanol–water partition coefficient (Wildman–Crippen LogP) is 1.79. The van der Waals surface area contributed by atoms with Crippen LogP contribution < -0.4 is 4.74 Å². The summed E-state index contributed by atoms with van der Waals surface area (Å²) in [7, 11) is 0. The van der Waals surface area contributed by atoms with E-state index in [1.807, 2.05) is 36.4 Å². The zero-order chi connectivity index (χ0) is 16.7. The number of aliphatic hydroxyl groups is 1. The molecule has 6 nitrogen and oxygen atoms in total. The van der Waals surface area contributed by atoms with Gasteiger partial charge in [-0.15, -0.1) is 6.58 Å². The molecular weight excluding hydrogens is 292 g/mol. The van der Waals surface area contributed by atoms with E-state index in [9.17, 15) is 5.11 Å². The van der Waals surface area contributed by atoms with Gasteiger partial charge in [0.1, 0.15) is 30.6 Å². The topological polar surface area (TPSA) is 94.9 Å². The van der Waals surface area contributed by atoms with E-state index in [0.717, 1.165) is 5.56 Å². The Hall–Kier alpha value is -3.09. The van der Waals surface area contributed by atoms with Crippen molar-refractivity contribution in [1.29, 1.82) is 10.5 Å². The lowest BCUT2D eigenvalue weighted by Crippen LogP contribution is -2.24. The lowest BCUT2D eigenvalue weighted by Gasteiger charge is -2.15. The molecule has 1 aromatic carbocycles. The van der Waals surface area contributed by atoms with Crippen LogP contribution >= 0.6 is 0 Å². The van der Waals surface area contributed by atoms with Crippen molar-refractivity contribution in [2.24, 2.45) is 0 Å². The molecule has 0 bridgehead atoms. The molecule has 23 heavy (non-hydrogen) atoms. The molecule has 2 rings (SSSR count). The molecule has 0 radical (unpaired) electrons. The molecule has 0 aliphatic carbocycles. The van der Waals surface area contributed by atoms with E-state index in [4.69, 9.17) is 15.3 Å². The van der Waals surface area contributed by atoms with Crippen molar-refractivity contribution in [2.75, 3.05) is 6.61 Å². The number of aromatic nitrogens is 2. The zero-order valence-corrected chi connectivity index (χ0v) is 12.5. The van der Waals surface area contributed by atoms with Gasteiger partial charge in [0.15, 0.2) is 11.4 Å². The number of hydrogen-bond acceptors (Lipinski definition) is 5. The Labute approximate surface area is 134 Å². The van der Waals surface area contributed by atoms with Gasteiger partial charge in [-0.05, 0) is 18.1 Å². The molecule has 0 aliphatic heterocycles. The van der Waals surface area contributed by atoms with Gasteiger partial charge in [-0.1, -0.05) is 24.3 Å². The molecule has 6 heteroatoms. The second-order valence-corrected chi connectivity index (χ2v) is 4.88. The largest absolute Gasteiger partial charge is 0.491 e. The van der Waals surface area contributed by atoms with Gasteiger partial charge >= 0.3 is 0 Å². The van der Waals surface area contributed by atoms with E-state index in [1.165, 1.54) is 10.9 Å². The molecule has 0 fully saturated rings. The molecule has 116 valence electrons. The van der Waals surface area contributed by atoms with Crippen LogP contribution in [0, 0.1) is 22.7 Å². The maximum atomic E-state index is 10.1. The standard InChI is InChI=1S/C17H16N4O2/c1-2-5-13-6-3-4-7-17(13)23-11-14(22)10-21-12-20-15(8-18)16(21)9-19/h2-4,6-7,12,14,22H,1,5,10-11H2. The van der Waals surface area contributed by atoms with Gasteiger partial charge in [-0.25, -0.2) is 4.98 Å². The van der Waals surface area contributed by atoms with E-state index in [-0.39, 0.29) is 24.5 Å². The lowest BCUT2D eigenvalue weighted by molar-refractivity contribution is 0.0918. The van der Waals surface area contributed by atoms with Gasteiger partial charge in [-0.3, -0.25) is 0 Å². The monoisotopic (exact) mass is 308 g/mol.